The zero-order valence-electron chi connectivity index (χ0n) is 11.9. The maximum atomic E-state index is 10.1. The van der Waals surface area contributed by atoms with Gasteiger partial charge in [-0.2, -0.15) is 5.06 Å². The summed E-state index contributed by atoms with van der Waals surface area (Å²) in [6.45, 7) is 3.85. The van der Waals surface area contributed by atoms with Crippen molar-refractivity contribution in [3.8, 4) is 5.75 Å². The van der Waals surface area contributed by atoms with Gasteiger partial charge >= 0.3 is 0 Å². The van der Waals surface area contributed by atoms with Crippen LogP contribution in [-0.2, 0) is 12.0 Å². The van der Waals surface area contributed by atoms with Crippen LogP contribution in [0.25, 0.3) is 0 Å². The second kappa shape index (κ2) is 4.39. The van der Waals surface area contributed by atoms with E-state index in [0.717, 1.165) is 31.6 Å². The van der Waals surface area contributed by atoms with Crippen LogP contribution in [0.5, 0.6) is 5.75 Å². The maximum absolute atomic E-state index is 10.1. The molecule has 0 saturated heterocycles. The molecule has 2 aliphatic heterocycles. The zero-order valence-corrected chi connectivity index (χ0v) is 11.9. The number of benzene rings is 1. The van der Waals surface area contributed by atoms with Crippen molar-refractivity contribution in [3.63, 3.8) is 0 Å². The Hall–Kier alpha value is -1.26. The highest BCUT2D eigenvalue weighted by atomic mass is 16.5. The van der Waals surface area contributed by atoms with Crippen LogP contribution in [0, 0.1) is 0 Å². The van der Waals surface area contributed by atoms with Crippen LogP contribution in [-0.4, -0.2) is 37.5 Å². The molecule has 1 unspecified atom stereocenters. The average Bonchev–Trinajstić information content (AvgIpc) is 2.38. The Labute approximate surface area is 114 Å². The SMILES string of the molecule is CN1CCCc2c1ccc1c2C(C)(N(C)O)CCO1. The first kappa shape index (κ1) is 12.8. The molecule has 2 heterocycles. The summed E-state index contributed by atoms with van der Waals surface area (Å²) in [7, 11) is 3.87. The topological polar surface area (TPSA) is 35.9 Å². The van der Waals surface area contributed by atoms with Gasteiger partial charge in [0.05, 0.1) is 12.1 Å². The molecule has 0 fully saturated rings. The molecule has 4 nitrogen and oxygen atoms in total. The highest BCUT2D eigenvalue weighted by molar-refractivity contribution is 5.64. The molecule has 0 amide bonds. The maximum Gasteiger partial charge on any atom is 0.124 e. The second-order valence-electron chi connectivity index (χ2n) is 5.86. The van der Waals surface area contributed by atoms with Gasteiger partial charge in [0.15, 0.2) is 0 Å². The Morgan fingerprint density at radius 2 is 2.21 bits per heavy atom. The van der Waals surface area contributed by atoms with E-state index < -0.39 is 0 Å². The molecule has 0 saturated carbocycles. The lowest BCUT2D eigenvalue weighted by Crippen LogP contribution is -2.44. The van der Waals surface area contributed by atoms with Crippen LogP contribution in [0.4, 0.5) is 5.69 Å². The molecule has 0 aliphatic carbocycles. The van der Waals surface area contributed by atoms with E-state index in [1.807, 2.05) is 0 Å². The largest absolute Gasteiger partial charge is 0.493 e. The molecule has 1 atom stereocenters. The first-order valence-corrected chi connectivity index (χ1v) is 6.97. The van der Waals surface area contributed by atoms with Gasteiger partial charge in [0.1, 0.15) is 5.75 Å². The van der Waals surface area contributed by atoms with Crippen molar-refractivity contribution in [3.05, 3.63) is 23.3 Å². The number of anilines is 1. The number of hydrogen-bond donors (Lipinski definition) is 1. The molecule has 0 aromatic heterocycles. The molecule has 1 N–H and O–H groups in total. The van der Waals surface area contributed by atoms with Crippen molar-refractivity contribution in [2.24, 2.45) is 0 Å². The summed E-state index contributed by atoms with van der Waals surface area (Å²) in [5.41, 5.74) is 3.45. The summed E-state index contributed by atoms with van der Waals surface area (Å²) in [6, 6.07) is 4.20. The van der Waals surface area contributed by atoms with E-state index in [1.165, 1.54) is 21.9 Å². The van der Waals surface area contributed by atoms with E-state index in [0.29, 0.717) is 6.61 Å². The molecule has 4 heteroatoms. The molecule has 104 valence electrons. The Morgan fingerprint density at radius 3 is 2.95 bits per heavy atom. The third-order valence-electron chi connectivity index (χ3n) is 4.68. The van der Waals surface area contributed by atoms with Gasteiger partial charge in [-0.3, -0.25) is 0 Å². The van der Waals surface area contributed by atoms with Crippen LogP contribution >= 0.6 is 0 Å². The van der Waals surface area contributed by atoms with Gasteiger partial charge in [-0.05, 0) is 37.5 Å². The number of hydroxylamine groups is 2. The highest BCUT2D eigenvalue weighted by Gasteiger charge is 2.40. The van der Waals surface area contributed by atoms with Gasteiger partial charge in [0.2, 0.25) is 0 Å². The molecule has 1 aromatic rings. The normalized spacial score (nSPS) is 25.8. The van der Waals surface area contributed by atoms with E-state index >= 15 is 0 Å². The van der Waals surface area contributed by atoms with E-state index in [4.69, 9.17) is 4.74 Å². The minimum atomic E-state index is -0.350. The summed E-state index contributed by atoms with van der Waals surface area (Å²) in [5, 5.41) is 11.5. The number of nitrogens with zero attached hydrogens (tertiary/aromatic N) is 2. The Balaban J connectivity index is 2.21. The Morgan fingerprint density at radius 1 is 1.42 bits per heavy atom. The first-order valence-electron chi connectivity index (χ1n) is 6.97. The van der Waals surface area contributed by atoms with Crippen LogP contribution in [0.1, 0.15) is 30.9 Å². The van der Waals surface area contributed by atoms with Gasteiger partial charge in [0, 0.05) is 38.3 Å². The quantitative estimate of drug-likeness (QED) is 0.788. The molecule has 19 heavy (non-hydrogen) atoms. The Kier molecular flexibility index (Phi) is 2.95. The highest BCUT2D eigenvalue weighted by Crippen LogP contribution is 2.46. The summed E-state index contributed by atoms with van der Waals surface area (Å²) in [5.74, 6) is 0.934. The van der Waals surface area contributed by atoms with Crippen LogP contribution < -0.4 is 9.64 Å². The fraction of sp³-hybridized carbons (Fsp3) is 0.600. The lowest BCUT2D eigenvalue weighted by molar-refractivity contribution is -0.160. The van der Waals surface area contributed by atoms with Gasteiger partial charge in [-0.25, -0.2) is 0 Å². The third-order valence-corrected chi connectivity index (χ3v) is 4.68. The fourth-order valence-electron chi connectivity index (χ4n) is 3.36. The standard InChI is InChI=1S/C15H22N2O2/c1-15(17(3)18)8-10-19-13-7-6-12-11(14(13)15)5-4-9-16(12)2/h6-7,18H,4-5,8-10H2,1-3H3. The van der Waals surface area contributed by atoms with E-state index in [9.17, 15) is 5.21 Å². The van der Waals surface area contributed by atoms with E-state index in [-0.39, 0.29) is 5.54 Å². The third kappa shape index (κ3) is 1.82. The van der Waals surface area contributed by atoms with Crippen LogP contribution in [0.2, 0.25) is 0 Å². The number of ether oxygens (including phenoxy) is 1. The van der Waals surface area contributed by atoms with E-state index in [1.54, 1.807) is 7.05 Å². The van der Waals surface area contributed by atoms with Crippen molar-refractivity contribution in [1.82, 2.24) is 5.06 Å². The lowest BCUT2D eigenvalue weighted by atomic mass is 9.80. The smallest absolute Gasteiger partial charge is 0.124 e. The zero-order chi connectivity index (χ0) is 13.6. The van der Waals surface area contributed by atoms with Crippen LogP contribution in [0.3, 0.4) is 0 Å². The molecule has 1 aromatic carbocycles. The lowest BCUT2D eigenvalue weighted by Gasteiger charge is -2.43. The monoisotopic (exact) mass is 262 g/mol. The molecule has 2 aliphatic rings. The predicted molar refractivity (Wildman–Crippen MR) is 75.0 cm³/mol. The summed E-state index contributed by atoms with van der Waals surface area (Å²) in [6.07, 6.45) is 3.04. The fourth-order valence-corrected chi connectivity index (χ4v) is 3.36. The minimum Gasteiger partial charge on any atom is -0.493 e. The van der Waals surface area contributed by atoms with Crippen LogP contribution in [0.15, 0.2) is 12.1 Å². The minimum absolute atomic E-state index is 0.350. The number of fused-ring (bicyclic) bond motifs is 3. The van der Waals surface area contributed by atoms with Gasteiger partial charge < -0.3 is 14.8 Å². The van der Waals surface area contributed by atoms with Crippen molar-refractivity contribution < 1.29 is 9.94 Å². The number of rotatable bonds is 1. The predicted octanol–water partition coefficient (Wildman–Crippen LogP) is 2.39. The molecule has 3 rings (SSSR count). The van der Waals surface area contributed by atoms with Gasteiger partial charge in [-0.1, -0.05) is 0 Å². The van der Waals surface area contributed by atoms with Gasteiger partial charge in [0.25, 0.3) is 0 Å². The summed E-state index contributed by atoms with van der Waals surface area (Å²) >= 11 is 0. The van der Waals surface area contributed by atoms with E-state index in [2.05, 4.69) is 31.0 Å². The number of hydrogen-bond acceptors (Lipinski definition) is 4. The molecule has 0 spiro atoms. The van der Waals surface area contributed by atoms with Gasteiger partial charge in [-0.15, -0.1) is 0 Å². The molecule has 0 bridgehead atoms. The summed E-state index contributed by atoms with van der Waals surface area (Å²) < 4.78 is 5.81. The van der Waals surface area contributed by atoms with Crippen molar-refractivity contribution in [1.29, 1.82) is 0 Å². The first-order chi connectivity index (χ1) is 9.04. The Bertz CT molecular complexity index is 501. The summed E-state index contributed by atoms with van der Waals surface area (Å²) in [4.78, 5) is 2.30. The molecular weight excluding hydrogens is 240 g/mol. The molecule has 0 radical (unpaired) electrons. The van der Waals surface area contributed by atoms with Crippen molar-refractivity contribution >= 4 is 5.69 Å². The molecular formula is C15H22N2O2. The average molecular weight is 262 g/mol. The van der Waals surface area contributed by atoms with Crippen molar-refractivity contribution in [2.75, 3.05) is 32.1 Å². The van der Waals surface area contributed by atoms with Crippen molar-refractivity contribution in [2.45, 2.75) is 31.7 Å². The second-order valence-corrected chi connectivity index (χ2v) is 5.86.